The number of carboxylic acids is 2. The van der Waals surface area contributed by atoms with Gasteiger partial charge in [-0.15, -0.1) is 0 Å². The van der Waals surface area contributed by atoms with E-state index in [4.69, 9.17) is 0 Å². The lowest BCUT2D eigenvalue weighted by Crippen LogP contribution is -2.04. The SMILES string of the molecule is C=Cc1ccc(C)c(Nc2ccc(F)cc2)c1.Cc1cccc(/C=C/c2ccc(C(=O)O)c(Nc3ccc(F)cc3)c2)c1.Cc1cccc(/C=C/c2ccc(C)c(Nc3ccc(F)cc3)c2)c1.Cc1cccc(CCc2ccc(C(=O)O)c(Nc3ccc(F)cc3)c2)c1. The number of nitrogens with one attached hydrogen (secondary N) is 4. The highest BCUT2D eigenvalue weighted by molar-refractivity contribution is 5.96. The minimum Gasteiger partial charge on any atom is -0.478 e. The molecule has 0 saturated carbocycles. The molecule has 0 amide bonds. The zero-order chi connectivity index (χ0) is 66.2. The molecule has 11 rings (SSSR count). The molecule has 0 atom stereocenters. The van der Waals surface area contributed by atoms with Crippen LogP contribution in [-0.4, -0.2) is 22.2 Å². The van der Waals surface area contributed by atoms with Crippen LogP contribution in [-0.2, 0) is 12.8 Å². The molecular weight excluding hydrogens is 1170 g/mol. The second-order valence-electron chi connectivity index (χ2n) is 22.2. The number of hydrogen-bond donors (Lipinski definition) is 6. The molecule has 0 heterocycles. The third-order valence-electron chi connectivity index (χ3n) is 14.6. The first-order valence-electron chi connectivity index (χ1n) is 30.0. The van der Waals surface area contributed by atoms with Crippen molar-refractivity contribution in [1.29, 1.82) is 0 Å². The second-order valence-corrected chi connectivity index (χ2v) is 22.2. The van der Waals surface area contributed by atoms with Gasteiger partial charge in [0, 0.05) is 34.1 Å². The molecule has 11 aromatic rings. The topological polar surface area (TPSA) is 123 Å². The number of carboxylic acid groups (broad SMARTS) is 2. The van der Waals surface area contributed by atoms with E-state index in [-0.39, 0.29) is 34.4 Å². The molecule has 0 unspecified atom stereocenters. The smallest absolute Gasteiger partial charge is 0.337 e. The summed E-state index contributed by atoms with van der Waals surface area (Å²) in [4.78, 5) is 23.0. The van der Waals surface area contributed by atoms with Crippen LogP contribution in [0, 0.1) is 57.9 Å². The Morgan fingerprint density at radius 2 is 0.656 bits per heavy atom. The lowest BCUT2D eigenvalue weighted by Gasteiger charge is -2.12. The van der Waals surface area contributed by atoms with Gasteiger partial charge in [-0.25, -0.2) is 27.2 Å². The minimum absolute atomic E-state index is 0.155. The van der Waals surface area contributed by atoms with Crippen LogP contribution in [0.1, 0.15) is 87.5 Å². The summed E-state index contributed by atoms with van der Waals surface area (Å²) in [7, 11) is 0. The molecule has 11 aromatic carbocycles. The Balaban J connectivity index is 0.000000161. The average Bonchev–Trinajstić information content (AvgIpc) is 1.25. The highest BCUT2D eigenvalue weighted by atomic mass is 19.1. The molecule has 0 saturated heterocycles. The van der Waals surface area contributed by atoms with E-state index in [9.17, 15) is 37.4 Å². The zero-order valence-electron chi connectivity index (χ0n) is 52.3. The molecule has 8 nitrogen and oxygen atoms in total. The van der Waals surface area contributed by atoms with Crippen molar-refractivity contribution in [3.8, 4) is 0 Å². The van der Waals surface area contributed by atoms with Crippen molar-refractivity contribution in [3.63, 3.8) is 0 Å². The first kappa shape index (κ1) is 67.4. The van der Waals surface area contributed by atoms with Crippen molar-refractivity contribution < 1.29 is 37.4 Å². The first-order valence-corrected chi connectivity index (χ1v) is 30.0. The lowest BCUT2D eigenvalue weighted by molar-refractivity contribution is 0.0687. The summed E-state index contributed by atoms with van der Waals surface area (Å²) in [6.07, 6.45) is 11.6. The van der Waals surface area contributed by atoms with Crippen LogP contribution in [0.2, 0.25) is 0 Å². The summed E-state index contributed by atoms with van der Waals surface area (Å²) >= 11 is 0. The van der Waals surface area contributed by atoms with Crippen molar-refractivity contribution in [3.05, 3.63) is 350 Å². The van der Waals surface area contributed by atoms with Crippen molar-refractivity contribution in [1.82, 2.24) is 0 Å². The summed E-state index contributed by atoms with van der Waals surface area (Å²) < 4.78 is 51.9. The Hall–Kier alpha value is -11.5. The molecular formula is C81H72F4N4O4. The fourth-order valence-electron chi connectivity index (χ4n) is 9.62. The molecule has 0 aromatic heterocycles. The minimum atomic E-state index is -1.02. The van der Waals surface area contributed by atoms with E-state index in [1.54, 1.807) is 78.9 Å². The normalized spacial score (nSPS) is 10.6. The molecule has 93 heavy (non-hydrogen) atoms. The van der Waals surface area contributed by atoms with Crippen LogP contribution in [0.4, 0.5) is 63.1 Å². The summed E-state index contributed by atoms with van der Waals surface area (Å²) in [5.74, 6) is -3.16. The number of aryl methyl sites for hydroxylation is 7. The van der Waals surface area contributed by atoms with Gasteiger partial charge in [0.15, 0.2) is 0 Å². The maximum atomic E-state index is 13.1. The highest BCUT2D eigenvalue weighted by Gasteiger charge is 2.14. The average molecular weight is 1240 g/mol. The van der Waals surface area contributed by atoms with E-state index in [0.29, 0.717) is 22.7 Å². The molecule has 6 N–H and O–H groups in total. The van der Waals surface area contributed by atoms with Crippen molar-refractivity contribution in [2.75, 3.05) is 21.3 Å². The molecule has 12 heteroatoms. The molecule has 0 aliphatic carbocycles. The van der Waals surface area contributed by atoms with Crippen LogP contribution in [0.15, 0.2) is 249 Å². The van der Waals surface area contributed by atoms with Gasteiger partial charge in [-0.05, 0) is 231 Å². The molecule has 0 spiro atoms. The number of aromatic carboxylic acids is 2. The first-order chi connectivity index (χ1) is 44.8. The Morgan fingerprint density at radius 3 is 1.04 bits per heavy atom. The number of rotatable bonds is 18. The Kier molecular flexibility index (Phi) is 24.2. The standard InChI is InChI=1S/C22H20FNO2.C22H18FNO2.C22H20FN.C15H14FN/c2*1-15-3-2-4-16(13-15)5-6-17-7-12-20(22(25)26)21(14-17)24-19-10-8-18(23)9-11-19;1-16-4-3-5-18(14-16)8-9-19-7-6-17(2)22(15-19)24-21-12-10-20(23)11-13-21;1-3-12-5-4-11(2)15(10-12)17-14-8-6-13(16)7-9-14/h2-4,7-14,24H,5-6H2,1H3,(H,25,26);2-14,24H,1H3,(H,25,26);3-15,24H,1-2H3;3-10,17H,1H2,2H3/b;6-5+;9-8+;. The van der Waals surface area contributed by atoms with E-state index >= 15 is 0 Å². The monoisotopic (exact) mass is 1240 g/mol. The summed E-state index contributed by atoms with van der Waals surface area (Å²) in [6, 6.07) is 71.9. The van der Waals surface area contributed by atoms with Crippen molar-refractivity contribution >= 4 is 87.8 Å². The van der Waals surface area contributed by atoms with Crippen molar-refractivity contribution in [2.45, 2.75) is 47.5 Å². The number of carbonyl (C=O) groups is 2. The van der Waals surface area contributed by atoms with Crippen LogP contribution in [0.3, 0.4) is 0 Å². The van der Waals surface area contributed by atoms with Crippen molar-refractivity contribution in [2.24, 2.45) is 0 Å². The summed E-state index contributed by atoms with van der Waals surface area (Å²) in [6.45, 7) is 14.0. The number of benzene rings is 11. The Labute approximate surface area is 541 Å². The van der Waals surface area contributed by atoms with E-state index in [1.807, 2.05) is 80.6 Å². The number of halogens is 4. The third kappa shape index (κ3) is 21.6. The van der Waals surface area contributed by atoms with E-state index in [0.717, 1.165) is 74.5 Å². The predicted molar refractivity (Wildman–Crippen MR) is 377 cm³/mol. The maximum Gasteiger partial charge on any atom is 0.337 e. The summed E-state index contributed by atoms with van der Waals surface area (Å²) in [5, 5.41) is 31.6. The van der Waals surface area contributed by atoms with E-state index < -0.39 is 11.9 Å². The Bertz CT molecular complexity index is 4390. The van der Waals surface area contributed by atoms with Gasteiger partial charge >= 0.3 is 11.9 Å². The zero-order valence-corrected chi connectivity index (χ0v) is 52.3. The molecule has 468 valence electrons. The maximum absolute atomic E-state index is 13.1. The van der Waals surface area contributed by atoms with Crippen LogP contribution >= 0.6 is 0 Å². The van der Waals surface area contributed by atoms with Crippen LogP contribution < -0.4 is 21.3 Å². The number of hydrogen-bond acceptors (Lipinski definition) is 6. The largest absolute Gasteiger partial charge is 0.478 e. The fourth-order valence-corrected chi connectivity index (χ4v) is 9.62. The Morgan fingerprint density at radius 1 is 0.344 bits per heavy atom. The van der Waals surface area contributed by atoms with Gasteiger partial charge in [0.05, 0.1) is 22.5 Å². The van der Waals surface area contributed by atoms with Crippen LogP contribution in [0.5, 0.6) is 0 Å². The lowest BCUT2D eigenvalue weighted by atomic mass is 10.0. The van der Waals surface area contributed by atoms with Gasteiger partial charge < -0.3 is 31.5 Å². The molecule has 0 aliphatic rings. The second kappa shape index (κ2) is 33.4. The van der Waals surface area contributed by atoms with Gasteiger partial charge in [-0.1, -0.05) is 163 Å². The molecule has 0 bridgehead atoms. The van der Waals surface area contributed by atoms with Gasteiger partial charge in [0.1, 0.15) is 23.3 Å². The van der Waals surface area contributed by atoms with Gasteiger partial charge in [0.2, 0.25) is 0 Å². The van der Waals surface area contributed by atoms with Gasteiger partial charge in [0.25, 0.3) is 0 Å². The predicted octanol–water partition coefficient (Wildman–Crippen LogP) is 22.0. The summed E-state index contributed by atoms with van der Waals surface area (Å²) in [5.41, 5.74) is 19.9. The highest BCUT2D eigenvalue weighted by Crippen LogP contribution is 2.29. The fraction of sp³-hybridized carbons (Fsp3) is 0.0864. The molecule has 0 radical (unpaired) electrons. The molecule has 0 aliphatic heterocycles. The van der Waals surface area contributed by atoms with Gasteiger partial charge in [-0.3, -0.25) is 0 Å². The van der Waals surface area contributed by atoms with Gasteiger partial charge in [-0.2, -0.15) is 0 Å². The quantitative estimate of drug-likeness (QED) is 0.0371. The third-order valence-corrected chi connectivity index (χ3v) is 14.6. The van der Waals surface area contributed by atoms with E-state index in [2.05, 4.69) is 127 Å². The number of anilines is 8. The molecule has 0 fully saturated rings. The van der Waals surface area contributed by atoms with Crippen LogP contribution in [0.25, 0.3) is 30.4 Å². The van der Waals surface area contributed by atoms with E-state index in [1.165, 1.54) is 76.3 Å².